The lowest BCUT2D eigenvalue weighted by molar-refractivity contribution is 0.683. The molecule has 4 rings (SSSR count). The fraction of sp³-hybridized carbons (Fsp3) is 0.0625. The topological polar surface area (TPSA) is 62.6 Å². The second-order valence-electron chi connectivity index (χ2n) is 4.90. The Kier molecular flexibility index (Phi) is 3.05. The number of H-pyrrole nitrogens is 1. The summed E-state index contributed by atoms with van der Waals surface area (Å²) < 4.78 is 2.01. The lowest BCUT2D eigenvalue weighted by atomic mass is 10.2. The average molecular weight is 290 g/mol. The molecule has 1 N–H and O–H groups in total. The molecule has 0 atom stereocenters. The van der Waals surface area contributed by atoms with Gasteiger partial charge in [0.1, 0.15) is 11.8 Å². The van der Waals surface area contributed by atoms with E-state index in [1.54, 1.807) is 12.7 Å². The third kappa shape index (κ3) is 2.20. The number of anilines is 1. The summed E-state index contributed by atoms with van der Waals surface area (Å²) in [5.41, 5.74) is 2.69. The first-order valence-corrected chi connectivity index (χ1v) is 7.00. The van der Waals surface area contributed by atoms with E-state index in [1.165, 1.54) is 5.56 Å². The monoisotopic (exact) mass is 290 g/mol. The standard InChI is InChI=1S/C16H14N6/c1-2-6-13(7-3-1)10-22(21-8-4-5-9-21)16-14-15(18-11-17-14)19-12-20-16/h1-9,11-12H,10H2,(H,17,18,19,20). The minimum absolute atomic E-state index is 0.662. The predicted molar refractivity (Wildman–Crippen MR) is 84.1 cm³/mol. The molecule has 4 aromatic rings. The summed E-state index contributed by atoms with van der Waals surface area (Å²) in [4.78, 5) is 16.0. The Labute approximate surface area is 127 Å². The van der Waals surface area contributed by atoms with E-state index in [-0.39, 0.29) is 0 Å². The molecule has 0 fully saturated rings. The number of nitrogens with one attached hydrogen (secondary N) is 1. The van der Waals surface area contributed by atoms with E-state index in [0.717, 1.165) is 11.3 Å². The number of fused-ring (bicyclic) bond motifs is 1. The first kappa shape index (κ1) is 12.6. The molecule has 1 aromatic carbocycles. The molecular formula is C16H14N6. The highest BCUT2D eigenvalue weighted by Crippen LogP contribution is 2.22. The number of rotatable bonds is 4. The molecule has 0 unspecified atom stereocenters. The molecule has 0 bridgehead atoms. The zero-order valence-corrected chi connectivity index (χ0v) is 11.8. The Bertz CT molecular complexity index is 866. The van der Waals surface area contributed by atoms with E-state index in [0.29, 0.717) is 12.2 Å². The van der Waals surface area contributed by atoms with Gasteiger partial charge < -0.3 is 4.98 Å². The predicted octanol–water partition coefficient (Wildman–Crippen LogP) is 2.62. The van der Waals surface area contributed by atoms with Crippen molar-refractivity contribution in [1.29, 1.82) is 0 Å². The van der Waals surface area contributed by atoms with Gasteiger partial charge in [-0.2, -0.15) is 0 Å². The summed E-state index contributed by atoms with van der Waals surface area (Å²) in [5, 5.41) is 2.08. The van der Waals surface area contributed by atoms with Crippen LogP contribution in [-0.2, 0) is 6.54 Å². The fourth-order valence-corrected chi connectivity index (χ4v) is 2.46. The van der Waals surface area contributed by atoms with Crippen molar-refractivity contribution in [2.45, 2.75) is 6.54 Å². The fourth-order valence-electron chi connectivity index (χ4n) is 2.46. The molecule has 6 nitrogen and oxygen atoms in total. The molecule has 0 aliphatic rings. The molecule has 108 valence electrons. The van der Waals surface area contributed by atoms with Crippen molar-refractivity contribution >= 4 is 17.0 Å². The maximum absolute atomic E-state index is 4.45. The molecule has 0 saturated carbocycles. The molecule has 3 aromatic heterocycles. The molecule has 6 heteroatoms. The van der Waals surface area contributed by atoms with Gasteiger partial charge >= 0.3 is 0 Å². The van der Waals surface area contributed by atoms with Crippen LogP contribution in [0.25, 0.3) is 11.2 Å². The van der Waals surface area contributed by atoms with E-state index >= 15 is 0 Å². The van der Waals surface area contributed by atoms with Crippen LogP contribution >= 0.6 is 0 Å². The van der Waals surface area contributed by atoms with Gasteiger partial charge in [-0.25, -0.2) is 15.0 Å². The third-order valence-electron chi connectivity index (χ3n) is 3.49. The number of nitrogens with zero attached hydrogens (tertiary/aromatic N) is 5. The largest absolute Gasteiger partial charge is 0.340 e. The smallest absolute Gasteiger partial charge is 0.182 e. The number of aromatic nitrogens is 5. The Morgan fingerprint density at radius 1 is 0.955 bits per heavy atom. The summed E-state index contributed by atoms with van der Waals surface area (Å²) in [6.07, 6.45) is 7.17. The minimum Gasteiger partial charge on any atom is -0.340 e. The second kappa shape index (κ2) is 5.33. The highest BCUT2D eigenvalue weighted by molar-refractivity contribution is 5.82. The Morgan fingerprint density at radius 3 is 2.59 bits per heavy atom. The van der Waals surface area contributed by atoms with Gasteiger partial charge in [-0.05, 0) is 17.7 Å². The van der Waals surface area contributed by atoms with Crippen molar-refractivity contribution in [3.8, 4) is 0 Å². The van der Waals surface area contributed by atoms with Gasteiger partial charge in [0.05, 0.1) is 12.9 Å². The number of benzene rings is 1. The van der Waals surface area contributed by atoms with Crippen molar-refractivity contribution < 1.29 is 0 Å². The second-order valence-corrected chi connectivity index (χ2v) is 4.90. The van der Waals surface area contributed by atoms with Crippen LogP contribution in [0, 0.1) is 0 Å². The lowest BCUT2D eigenvalue weighted by Crippen LogP contribution is -2.28. The van der Waals surface area contributed by atoms with Crippen molar-refractivity contribution in [3.63, 3.8) is 0 Å². The summed E-state index contributed by atoms with van der Waals surface area (Å²) in [6.45, 7) is 0.695. The minimum atomic E-state index is 0.662. The third-order valence-corrected chi connectivity index (χ3v) is 3.49. The molecule has 0 amide bonds. The molecule has 3 heterocycles. The van der Waals surface area contributed by atoms with Crippen molar-refractivity contribution in [1.82, 2.24) is 24.6 Å². The van der Waals surface area contributed by atoms with Gasteiger partial charge in [0.25, 0.3) is 0 Å². The summed E-state index contributed by atoms with van der Waals surface area (Å²) >= 11 is 0. The van der Waals surface area contributed by atoms with Crippen LogP contribution in [0.2, 0.25) is 0 Å². The Hall–Kier alpha value is -3.15. The van der Waals surface area contributed by atoms with Crippen molar-refractivity contribution in [2.24, 2.45) is 0 Å². The van der Waals surface area contributed by atoms with E-state index in [4.69, 9.17) is 0 Å². The van der Waals surface area contributed by atoms with E-state index < -0.39 is 0 Å². The molecule has 0 aliphatic carbocycles. The number of hydrogen-bond acceptors (Lipinski definition) is 4. The van der Waals surface area contributed by atoms with Gasteiger partial charge in [-0.15, -0.1) is 0 Å². The van der Waals surface area contributed by atoms with E-state index in [2.05, 4.69) is 37.1 Å². The first-order chi connectivity index (χ1) is 10.9. The van der Waals surface area contributed by atoms with Crippen molar-refractivity contribution in [3.05, 3.63) is 73.1 Å². The molecule has 0 aliphatic heterocycles. The van der Waals surface area contributed by atoms with Crippen LogP contribution in [0.15, 0.2) is 67.5 Å². The maximum Gasteiger partial charge on any atom is 0.182 e. The van der Waals surface area contributed by atoms with E-state index in [9.17, 15) is 0 Å². The normalized spacial score (nSPS) is 10.9. The number of aromatic amines is 1. The highest BCUT2D eigenvalue weighted by Gasteiger charge is 2.15. The van der Waals surface area contributed by atoms with Crippen LogP contribution in [0.4, 0.5) is 5.82 Å². The highest BCUT2D eigenvalue weighted by atomic mass is 15.6. The van der Waals surface area contributed by atoms with Crippen LogP contribution in [0.3, 0.4) is 0 Å². The van der Waals surface area contributed by atoms with Gasteiger partial charge in [-0.3, -0.25) is 9.69 Å². The number of hydrogen-bond donors (Lipinski definition) is 1. The zero-order chi connectivity index (χ0) is 14.8. The van der Waals surface area contributed by atoms with Gasteiger partial charge in [-0.1, -0.05) is 30.3 Å². The maximum atomic E-state index is 4.45. The van der Waals surface area contributed by atoms with Crippen LogP contribution < -0.4 is 5.01 Å². The Morgan fingerprint density at radius 2 is 1.77 bits per heavy atom. The average Bonchev–Trinajstić information content (AvgIpc) is 3.24. The lowest BCUT2D eigenvalue weighted by Gasteiger charge is -2.25. The van der Waals surface area contributed by atoms with Gasteiger partial charge in [0, 0.05) is 12.4 Å². The Balaban J connectivity index is 1.82. The molecule has 0 spiro atoms. The molecule has 0 radical (unpaired) electrons. The summed E-state index contributed by atoms with van der Waals surface area (Å²) in [7, 11) is 0. The van der Waals surface area contributed by atoms with Gasteiger partial charge in [0.2, 0.25) is 0 Å². The zero-order valence-electron chi connectivity index (χ0n) is 11.8. The molecular weight excluding hydrogens is 276 g/mol. The van der Waals surface area contributed by atoms with Crippen LogP contribution in [0.1, 0.15) is 5.56 Å². The van der Waals surface area contributed by atoms with Crippen molar-refractivity contribution in [2.75, 3.05) is 5.01 Å². The number of imidazole rings is 1. The van der Waals surface area contributed by atoms with Gasteiger partial charge in [0.15, 0.2) is 11.5 Å². The van der Waals surface area contributed by atoms with Crippen LogP contribution in [0.5, 0.6) is 0 Å². The summed E-state index contributed by atoms with van der Waals surface area (Å²) in [5.74, 6) is 0.794. The quantitative estimate of drug-likeness (QED) is 0.627. The molecule has 0 saturated heterocycles. The SMILES string of the molecule is c1ccc(CN(c2ncnc3nc[nH]c23)n2cccc2)cc1. The van der Waals surface area contributed by atoms with Crippen LogP contribution in [-0.4, -0.2) is 24.6 Å². The summed E-state index contributed by atoms with van der Waals surface area (Å²) in [6, 6.07) is 14.3. The van der Waals surface area contributed by atoms with E-state index in [1.807, 2.05) is 47.4 Å². The first-order valence-electron chi connectivity index (χ1n) is 7.00. The molecule has 22 heavy (non-hydrogen) atoms.